The maximum Gasteiger partial charge on any atom is 0.0172 e. The van der Waals surface area contributed by atoms with Gasteiger partial charge in [-0.3, -0.25) is 0 Å². The molecular formula is C15H34N2. The fourth-order valence-corrected chi connectivity index (χ4v) is 1.85. The summed E-state index contributed by atoms with van der Waals surface area (Å²) in [5, 5.41) is 0. The SMILES string of the molecule is C=C(C(C)CCCCN)N(CC)CCC.CC. The number of rotatable bonds is 9. The van der Waals surface area contributed by atoms with Gasteiger partial charge in [0.15, 0.2) is 0 Å². The highest BCUT2D eigenvalue weighted by Crippen LogP contribution is 2.19. The van der Waals surface area contributed by atoms with Crippen molar-refractivity contribution in [2.45, 2.75) is 60.3 Å². The molecule has 0 aromatic carbocycles. The third-order valence-corrected chi connectivity index (χ3v) is 2.94. The van der Waals surface area contributed by atoms with Crippen LogP contribution in [0, 0.1) is 5.92 Å². The van der Waals surface area contributed by atoms with Crippen LogP contribution in [-0.4, -0.2) is 24.5 Å². The van der Waals surface area contributed by atoms with Gasteiger partial charge in [-0.15, -0.1) is 0 Å². The van der Waals surface area contributed by atoms with Gasteiger partial charge >= 0.3 is 0 Å². The zero-order valence-corrected chi connectivity index (χ0v) is 12.8. The number of nitrogens with two attached hydrogens (primary N) is 1. The Morgan fingerprint density at radius 2 is 1.82 bits per heavy atom. The van der Waals surface area contributed by atoms with Crippen LogP contribution in [-0.2, 0) is 0 Å². The van der Waals surface area contributed by atoms with E-state index >= 15 is 0 Å². The summed E-state index contributed by atoms with van der Waals surface area (Å²) in [5.41, 5.74) is 6.79. The summed E-state index contributed by atoms with van der Waals surface area (Å²) in [5.74, 6) is 0.600. The number of nitrogens with zero attached hydrogens (tertiary/aromatic N) is 1. The lowest BCUT2D eigenvalue weighted by molar-refractivity contribution is 0.315. The van der Waals surface area contributed by atoms with E-state index in [1.807, 2.05) is 13.8 Å². The minimum Gasteiger partial charge on any atom is -0.375 e. The van der Waals surface area contributed by atoms with Crippen molar-refractivity contribution in [3.8, 4) is 0 Å². The van der Waals surface area contributed by atoms with Gasteiger partial charge in [-0.1, -0.05) is 40.7 Å². The molecule has 0 spiro atoms. The third-order valence-electron chi connectivity index (χ3n) is 2.94. The van der Waals surface area contributed by atoms with Gasteiger partial charge in [0, 0.05) is 18.8 Å². The topological polar surface area (TPSA) is 29.3 Å². The Morgan fingerprint density at radius 1 is 1.24 bits per heavy atom. The number of hydrogen-bond donors (Lipinski definition) is 1. The zero-order valence-electron chi connectivity index (χ0n) is 12.8. The molecule has 0 saturated carbocycles. The first kappa shape index (κ1) is 18.9. The van der Waals surface area contributed by atoms with Crippen LogP contribution >= 0.6 is 0 Å². The molecule has 0 rings (SSSR count). The summed E-state index contributed by atoms with van der Waals surface area (Å²) in [6.45, 7) is 17.9. The molecule has 0 bridgehead atoms. The van der Waals surface area contributed by atoms with Crippen LogP contribution < -0.4 is 5.73 Å². The fraction of sp³-hybridized carbons (Fsp3) is 0.867. The highest BCUT2D eigenvalue weighted by atomic mass is 15.1. The molecule has 0 aliphatic rings. The van der Waals surface area contributed by atoms with Gasteiger partial charge < -0.3 is 10.6 Å². The van der Waals surface area contributed by atoms with Crippen molar-refractivity contribution < 1.29 is 0 Å². The van der Waals surface area contributed by atoms with E-state index in [4.69, 9.17) is 5.73 Å². The average molecular weight is 242 g/mol. The van der Waals surface area contributed by atoms with Crippen LogP contribution in [0.2, 0.25) is 0 Å². The molecule has 104 valence electrons. The molecule has 0 heterocycles. The van der Waals surface area contributed by atoms with Crippen LogP contribution in [0.3, 0.4) is 0 Å². The largest absolute Gasteiger partial charge is 0.375 e. The van der Waals surface area contributed by atoms with Crippen LogP contribution in [0.1, 0.15) is 60.3 Å². The summed E-state index contributed by atoms with van der Waals surface area (Å²) in [6.07, 6.45) is 4.77. The first-order valence-electron chi connectivity index (χ1n) is 7.31. The highest BCUT2D eigenvalue weighted by Gasteiger charge is 2.11. The molecular weight excluding hydrogens is 208 g/mol. The normalized spacial score (nSPS) is 11.4. The molecule has 0 saturated heterocycles. The Balaban J connectivity index is 0. The maximum atomic E-state index is 5.49. The van der Waals surface area contributed by atoms with Crippen molar-refractivity contribution in [2.75, 3.05) is 19.6 Å². The molecule has 0 aromatic heterocycles. The van der Waals surface area contributed by atoms with Crippen molar-refractivity contribution in [1.82, 2.24) is 4.90 Å². The van der Waals surface area contributed by atoms with Crippen molar-refractivity contribution in [3.05, 3.63) is 12.3 Å². The molecule has 0 radical (unpaired) electrons. The molecule has 0 aliphatic heterocycles. The summed E-state index contributed by atoms with van der Waals surface area (Å²) in [4.78, 5) is 2.40. The Hall–Kier alpha value is -0.500. The second-order valence-corrected chi connectivity index (χ2v) is 4.26. The van der Waals surface area contributed by atoms with Gasteiger partial charge in [-0.25, -0.2) is 0 Å². The minimum absolute atomic E-state index is 0.600. The molecule has 0 amide bonds. The molecule has 1 atom stereocenters. The molecule has 1 unspecified atom stereocenters. The third kappa shape index (κ3) is 9.22. The standard InChI is InChI=1S/C13H28N2.C2H6/c1-5-11-15(6-2)13(4)12(3)9-7-8-10-14;1-2/h12H,4-11,14H2,1-3H3;1-2H3. The predicted molar refractivity (Wildman–Crippen MR) is 80.1 cm³/mol. The number of hydrogen-bond acceptors (Lipinski definition) is 2. The summed E-state index contributed by atoms with van der Waals surface area (Å²) in [6, 6.07) is 0. The van der Waals surface area contributed by atoms with E-state index < -0.39 is 0 Å². The first-order valence-corrected chi connectivity index (χ1v) is 7.31. The second kappa shape index (κ2) is 13.6. The van der Waals surface area contributed by atoms with E-state index in [-0.39, 0.29) is 0 Å². The van der Waals surface area contributed by atoms with Crippen molar-refractivity contribution >= 4 is 0 Å². The second-order valence-electron chi connectivity index (χ2n) is 4.26. The van der Waals surface area contributed by atoms with E-state index in [1.165, 1.54) is 25.0 Å². The van der Waals surface area contributed by atoms with Gasteiger partial charge in [0.05, 0.1) is 0 Å². The molecule has 17 heavy (non-hydrogen) atoms. The lowest BCUT2D eigenvalue weighted by Gasteiger charge is -2.29. The van der Waals surface area contributed by atoms with E-state index in [2.05, 4.69) is 32.3 Å². The number of unbranched alkanes of at least 4 members (excludes halogenated alkanes) is 1. The van der Waals surface area contributed by atoms with Gasteiger partial charge in [0.1, 0.15) is 0 Å². The Kier molecular flexibility index (Phi) is 15.0. The Labute approximate surface area is 109 Å². The van der Waals surface area contributed by atoms with E-state index in [1.54, 1.807) is 0 Å². The van der Waals surface area contributed by atoms with Crippen LogP contribution in [0.15, 0.2) is 12.3 Å². The predicted octanol–water partition coefficient (Wildman–Crippen LogP) is 4.02. The number of allylic oxidation sites excluding steroid dienone is 1. The Morgan fingerprint density at radius 3 is 2.24 bits per heavy atom. The van der Waals surface area contributed by atoms with E-state index in [9.17, 15) is 0 Å². The minimum atomic E-state index is 0.600. The molecule has 0 aliphatic carbocycles. The molecule has 0 fully saturated rings. The zero-order chi connectivity index (χ0) is 13.7. The first-order chi connectivity index (χ1) is 8.17. The lowest BCUT2D eigenvalue weighted by atomic mass is 10.00. The maximum absolute atomic E-state index is 5.49. The summed E-state index contributed by atoms with van der Waals surface area (Å²) in [7, 11) is 0. The van der Waals surface area contributed by atoms with E-state index in [0.717, 1.165) is 26.1 Å². The van der Waals surface area contributed by atoms with Gasteiger partial charge in [-0.05, 0) is 38.6 Å². The molecule has 2 heteroatoms. The van der Waals surface area contributed by atoms with Gasteiger partial charge in [-0.2, -0.15) is 0 Å². The fourth-order valence-electron chi connectivity index (χ4n) is 1.85. The summed E-state index contributed by atoms with van der Waals surface area (Å²) >= 11 is 0. The van der Waals surface area contributed by atoms with Gasteiger partial charge in [0.2, 0.25) is 0 Å². The Bertz CT molecular complexity index is 166. The van der Waals surface area contributed by atoms with Crippen molar-refractivity contribution in [2.24, 2.45) is 11.7 Å². The molecule has 0 aromatic rings. The van der Waals surface area contributed by atoms with Gasteiger partial charge in [0.25, 0.3) is 0 Å². The quantitative estimate of drug-likeness (QED) is 0.619. The lowest BCUT2D eigenvalue weighted by Crippen LogP contribution is -2.26. The van der Waals surface area contributed by atoms with Crippen LogP contribution in [0.25, 0.3) is 0 Å². The monoisotopic (exact) mass is 242 g/mol. The molecule has 2 nitrogen and oxygen atoms in total. The highest BCUT2D eigenvalue weighted by molar-refractivity contribution is 4.98. The van der Waals surface area contributed by atoms with Crippen molar-refractivity contribution in [1.29, 1.82) is 0 Å². The molecule has 2 N–H and O–H groups in total. The van der Waals surface area contributed by atoms with Crippen molar-refractivity contribution in [3.63, 3.8) is 0 Å². The summed E-state index contributed by atoms with van der Waals surface area (Å²) < 4.78 is 0. The average Bonchev–Trinajstić information content (AvgIpc) is 2.37. The van der Waals surface area contributed by atoms with Crippen LogP contribution in [0.5, 0.6) is 0 Å². The van der Waals surface area contributed by atoms with Crippen LogP contribution in [0.4, 0.5) is 0 Å². The van der Waals surface area contributed by atoms with E-state index in [0.29, 0.717) is 5.92 Å². The smallest absolute Gasteiger partial charge is 0.0172 e.